The molecule has 0 heterocycles. The summed E-state index contributed by atoms with van der Waals surface area (Å²) in [5.41, 5.74) is 2.46. The minimum Gasteiger partial charge on any atom is -0.308 e. The van der Waals surface area contributed by atoms with E-state index in [4.69, 9.17) is 11.6 Å². The fourth-order valence-electron chi connectivity index (χ4n) is 1.54. The number of halogens is 2. The van der Waals surface area contributed by atoms with Gasteiger partial charge in [-0.2, -0.15) is 0 Å². The first-order valence-corrected chi connectivity index (χ1v) is 6.98. The van der Waals surface area contributed by atoms with Crippen LogP contribution in [0, 0.1) is 0 Å². The Balaban J connectivity index is 1.97. The molecular weight excluding hydrogens is 328 g/mol. The summed E-state index contributed by atoms with van der Waals surface area (Å²) in [5.74, 6) is 0.463. The average Bonchev–Trinajstić information content (AvgIpc) is 2.39. The zero-order chi connectivity index (χ0) is 13.7. The normalized spacial score (nSPS) is 10.0. The Bertz CT molecular complexity index is 572. The van der Waals surface area contributed by atoms with E-state index in [0.29, 0.717) is 5.88 Å². The molecule has 98 valence electrons. The molecule has 0 saturated carbocycles. The minimum atomic E-state index is -0.281. The highest BCUT2D eigenvalue weighted by atomic mass is 79.9. The van der Waals surface area contributed by atoms with Crippen molar-refractivity contribution in [1.82, 2.24) is 0 Å². The molecule has 0 aliphatic carbocycles. The molecule has 0 radical (unpaired) electrons. The summed E-state index contributed by atoms with van der Waals surface area (Å²) in [6.07, 6.45) is 0. The molecule has 2 aromatic carbocycles. The van der Waals surface area contributed by atoms with Gasteiger partial charge in [0.05, 0.1) is 0 Å². The number of hydrogen-bond acceptors (Lipinski definition) is 1. The number of amides is 2. The molecule has 0 atom stereocenters. The highest BCUT2D eigenvalue weighted by molar-refractivity contribution is 9.10. The number of alkyl halides is 1. The lowest BCUT2D eigenvalue weighted by Crippen LogP contribution is -2.19. The number of benzene rings is 2. The molecule has 2 aromatic rings. The van der Waals surface area contributed by atoms with Crippen molar-refractivity contribution >= 4 is 44.9 Å². The number of nitrogens with one attached hydrogen (secondary N) is 2. The fraction of sp³-hybridized carbons (Fsp3) is 0.0714. The molecule has 0 aliphatic rings. The molecule has 2 amide bonds. The van der Waals surface area contributed by atoms with Crippen molar-refractivity contribution in [2.45, 2.75) is 5.88 Å². The topological polar surface area (TPSA) is 41.1 Å². The Labute approximate surface area is 125 Å². The molecule has 0 bridgehead atoms. The van der Waals surface area contributed by atoms with Gasteiger partial charge in [0.15, 0.2) is 0 Å². The second-order valence-corrected chi connectivity index (χ2v) is 5.10. The van der Waals surface area contributed by atoms with Crippen LogP contribution in [0.5, 0.6) is 0 Å². The van der Waals surface area contributed by atoms with Gasteiger partial charge in [-0.1, -0.05) is 34.1 Å². The third-order valence-corrected chi connectivity index (χ3v) is 3.25. The van der Waals surface area contributed by atoms with Crippen LogP contribution in [0.15, 0.2) is 53.0 Å². The Hall–Kier alpha value is -1.52. The lowest BCUT2D eigenvalue weighted by Gasteiger charge is -2.08. The molecule has 0 aromatic heterocycles. The maximum atomic E-state index is 11.8. The first-order valence-electron chi connectivity index (χ1n) is 5.66. The van der Waals surface area contributed by atoms with Crippen molar-refractivity contribution in [2.75, 3.05) is 10.6 Å². The van der Waals surface area contributed by atoms with E-state index in [0.717, 1.165) is 21.4 Å². The predicted molar refractivity (Wildman–Crippen MR) is 82.8 cm³/mol. The van der Waals surface area contributed by atoms with E-state index in [1.54, 1.807) is 0 Å². The van der Waals surface area contributed by atoms with Crippen LogP contribution in [-0.4, -0.2) is 6.03 Å². The average molecular weight is 340 g/mol. The van der Waals surface area contributed by atoms with Gasteiger partial charge < -0.3 is 10.6 Å². The standard InChI is InChI=1S/C14H12BrClN2O/c15-11-2-1-3-13(8-11)18-14(19)17-12-6-4-10(9-16)5-7-12/h1-8H,9H2,(H2,17,18,19). The maximum Gasteiger partial charge on any atom is 0.323 e. The highest BCUT2D eigenvalue weighted by Gasteiger charge is 2.02. The number of carbonyl (C=O) groups is 1. The third-order valence-electron chi connectivity index (χ3n) is 2.45. The molecule has 0 spiro atoms. The zero-order valence-electron chi connectivity index (χ0n) is 9.99. The second kappa shape index (κ2) is 6.59. The van der Waals surface area contributed by atoms with Crippen molar-refractivity contribution in [1.29, 1.82) is 0 Å². The van der Waals surface area contributed by atoms with Gasteiger partial charge in [-0.15, -0.1) is 11.6 Å². The lowest BCUT2D eigenvalue weighted by molar-refractivity contribution is 0.262. The van der Waals surface area contributed by atoms with E-state index >= 15 is 0 Å². The van der Waals surface area contributed by atoms with Crippen LogP contribution >= 0.6 is 27.5 Å². The van der Waals surface area contributed by atoms with Crippen LogP contribution in [-0.2, 0) is 5.88 Å². The predicted octanol–water partition coefficient (Wildman–Crippen LogP) is 4.83. The maximum absolute atomic E-state index is 11.8. The van der Waals surface area contributed by atoms with Gasteiger partial charge in [0.2, 0.25) is 0 Å². The smallest absolute Gasteiger partial charge is 0.308 e. The monoisotopic (exact) mass is 338 g/mol. The van der Waals surface area contributed by atoms with Crippen LogP contribution < -0.4 is 10.6 Å². The quantitative estimate of drug-likeness (QED) is 0.772. The zero-order valence-corrected chi connectivity index (χ0v) is 12.3. The number of anilines is 2. The molecule has 0 saturated heterocycles. The molecule has 0 aliphatic heterocycles. The van der Waals surface area contributed by atoms with E-state index in [9.17, 15) is 4.79 Å². The van der Waals surface area contributed by atoms with Crippen molar-refractivity contribution in [3.63, 3.8) is 0 Å². The van der Waals surface area contributed by atoms with Gasteiger partial charge >= 0.3 is 6.03 Å². The van der Waals surface area contributed by atoms with Gasteiger partial charge in [0, 0.05) is 21.7 Å². The molecule has 0 unspecified atom stereocenters. The van der Waals surface area contributed by atoms with Crippen molar-refractivity contribution in [3.8, 4) is 0 Å². The Morgan fingerprint density at radius 3 is 2.37 bits per heavy atom. The molecule has 2 N–H and O–H groups in total. The van der Waals surface area contributed by atoms with Crippen LogP contribution in [0.25, 0.3) is 0 Å². The highest BCUT2D eigenvalue weighted by Crippen LogP contribution is 2.16. The molecule has 0 fully saturated rings. The largest absolute Gasteiger partial charge is 0.323 e. The van der Waals surface area contributed by atoms with E-state index in [1.165, 1.54) is 0 Å². The van der Waals surface area contributed by atoms with Gasteiger partial charge in [-0.05, 0) is 35.9 Å². The van der Waals surface area contributed by atoms with Gasteiger partial charge in [-0.3, -0.25) is 0 Å². The minimum absolute atomic E-state index is 0.281. The summed E-state index contributed by atoms with van der Waals surface area (Å²) in [4.78, 5) is 11.8. The molecule has 5 heteroatoms. The number of urea groups is 1. The number of hydrogen-bond donors (Lipinski definition) is 2. The Morgan fingerprint density at radius 1 is 1.05 bits per heavy atom. The summed E-state index contributed by atoms with van der Waals surface area (Å²) in [6.45, 7) is 0. The SMILES string of the molecule is O=C(Nc1ccc(CCl)cc1)Nc1cccc(Br)c1. The van der Waals surface area contributed by atoms with E-state index in [2.05, 4.69) is 26.6 Å². The van der Waals surface area contributed by atoms with E-state index < -0.39 is 0 Å². The van der Waals surface area contributed by atoms with E-state index in [-0.39, 0.29) is 6.03 Å². The van der Waals surface area contributed by atoms with Crippen molar-refractivity contribution in [3.05, 3.63) is 58.6 Å². The van der Waals surface area contributed by atoms with Gasteiger partial charge in [0.1, 0.15) is 0 Å². The first-order chi connectivity index (χ1) is 9.17. The lowest BCUT2D eigenvalue weighted by atomic mass is 10.2. The van der Waals surface area contributed by atoms with Gasteiger partial charge in [-0.25, -0.2) is 4.79 Å². The van der Waals surface area contributed by atoms with Crippen LogP contribution in [0.3, 0.4) is 0 Å². The van der Waals surface area contributed by atoms with Crippen LogP contribution in [0.2, 0.25) is 0 Å². The van der Waals surface area contributed by atoms with Crippen molar-refractivity contribution < 1.29 is 4.79 Å². The molecular formula is C14H12BrClN2O. The summed E-state index contributed by atoms with van der Waals surface area (Å²) < 4.78 is 0.914. The summed E-state index contributed by atoms with van der Waals surface area (Å²) >= 11 is 9.05. The summed E-state index contributed by atoms with van der Waals surface area (Å²) in [5, 5.41) is 5.51. The van der Waals surface area contributed by atoms with Crippen molar-refractivity contribution in [2.24, 2.45) is 0 Å². The second-order valence-electron chi connectivity index (χ2n) is 3.92. The van der Waals surface area contributed by atoms with E-state index in [1.807, 2.05) is 48.5 Å². The summed E-state index contributed by atoms with van der Waals surface area (Å²) in [7, 11) is 0. The fourth-order valence-corrected chi connectivity index (χ4v) is 2.11. The van der Waals surface area contributed by atoms with Gasteiger partial charge in [0.25, 0.3) is 0 Å². The summed E-state index contributed by atoms with van der Waals surface area (Å²) in [6, 6.07) is 14.5. The van der Waals surface area contributed by atoms with Crippen LogP contribution in [0.1, 0.15) is 5.56 Å². The third kappa shape index (κ3) is 4.26. The molecule has 2 rings (SSSR count). The van der Waals surface area contributed by atoms with Crippen LogP contribution in [0.4, 0.5) is 16.2 Å². The number of rotatable bonds is 3. The molecule has 19 heavy (non-hydrogen) atoms. The Morgan fingerprint density at radius 2 is 1.74 bits per heavy atom. The molecule has 3 nitrogen and oxygen atoms in total. The first kappa shape index (κ1) is 13.9. The Kier molecular flexibility index (Phi) is 4.82. The number of carbonyl (C=O) groups excluding carboxylic acids is 1.